The van der Waals surface area contributed by atoms with Crippen LogP contribution in [0.15, 0.2) is 18.2 Å². The third kappa shape index (κ3) is 6.32. The first-order valence-corrected chi connectivity index (χ1v) is 11.8. The van der Waals surface area contributed by atoms with Crippen LogP contribution >= 0.6 is 23.2 Å². The zero-order valence-corrected chi connectivity index (χ0v) is 20.2. The molecule has 4 rings (SSSR count). The first kappa shape index (κ1) is 27.1. The van der Waals surface area contributed by atoms with Crippen molar-refractivity contribution >= 4 is 51.9 Å². The Labute approximate surface area is 215 Å². The summed E-state index contributed by atoms with van der Waals surface area (Å²) in [5.74, 6) is -3.53. The lowest BCUT2D eigenvalue weighted by Gasteiger charge is -2.30. The number of pyridine rings is 1. The summed E-state index contributed by atoms with van der Waals surface area (Å²) in [4.78, 5) is 23.9. The smallest absolute Gasteiger partial charge is 0.391 e. The maximum absolute atomic E-state index is 14.4. The largest absolute Gasteiger partial charge is 0.471 e. The van der Waals surface area contributed by atoms with Crippen LogP contribution in [0, 0.1) is 11.7 Å². The SMILES string of the molecule is O=C(N[C@H]1CC[C@H](C(F)(F)F)CC1)c1cc2nc(Nc3c(Cl)ccc(Cl)c3F)[nH]c2nc1OCC(F)F. The number of hydrogen-bond acceptors (Lipinski definition) is 5. The van der Waals surface area contributed by atoms with Crippen molar-refractivity contribution in [1.82, 2.24) is 20.3 Å². The van der Waals surface area contributed by atoms with E-state index in [0.717, 1.165) is 0 Å². The van der Waals surface area contributed by atoms with Gasteiger partial charge in [-0.05, 0) is 43.9 Å². The average Bonchev–Trinajstić information content (AvgIpc) is 3.23. The first-order chi connectivity index (χ1) is 17.4. The zero-order valence-electron chi connectivity index (χ0n) is 18.7. The van der Waals surface area contributed by atoms with E-state index in [0.29, 0.717) is 0 Å². The summed E-state index contributed by atoms with van der Waals surface area (Å²) in [5.41, 5.74) is -0.310. The van der Waals surface area contributed by atoms with Crippen molar-refractivity contribution < 1.29 is 35.9 Å². The van der Waals surface area contributed by atoms with Crippen molar-refractivity contribution in [3.05, 3.63) is 39.6 Å². The molecule has 2 heterocycles. The van der Waals surface area contributed by atoms with Gasteiger partial charge < -0.3 is 20.4 Å². The second-order valence-electron chi connectivity index (χ2n) is 8.40. The molecule has 2 aromatic heterocycles. The summed E-state index contributed by atoms with van der Waals surface area (Å²) in [5, 5.41) is 5.03. The Kier molecular flexibility index (Phi) is 7.93. The number of ether oxygens (including phenoxy) is 1. The van der Waals surface area contributed by atoms with Gasteiger partial charge in [-0.2, -0.15) is 18.2 Å². The van der Waals surface area contributed by atoms with Crippen LogP contribution < -0.4 is 15.4 Å². The molecule has 7 nitrogen and oxygen atoms in total. The zero-order chi connectivity index (χ0) is 26.9. The van der Waals surface area contributed by atoms with Crippen LogP contribution in [0.4, 0.5) is 38.0 Å². The fourth-order valence-electron chi connectivity index (χ4n) is 3.99. The number of carbonyl (C=O) groups is 1. The number of benzene rings is 1. The molecule has 0 saturated heterocycles. The lowest BCUT2D eigenvalue weighted by molar-refractivity contribution is -0.182. The van der Waals surface area contributed by atoms with Crippen molar-refractivity contribution in [2.75, 3.05) is 11.9 Å². The Morgan fingerprint density at radius 2 is 1.81 bits per heavy atom. The molecule has 0 bridgehead atoms. The molecule has 1 fully saturated rings. The molecule has 0 radical (unpaired) electrons. The highest BCUT2D eigenvalue weighted by Crippen LogP contribution is 2.38. The van der Waals surface area contributed by atoms with Crippen molar-refractivity contribution in [1.29, 1.82) is 0 Å². The molecule has 0 unspecified atom stereocenters. The number of aromatic nitrogens is 3. The van der Waals surface area contributed by atoms with E-state index in [4.69, 9.17) is 27.9 Å². The van der Waals surface area contributed by atoms with Crippen LogP contribution in [0.1, 0.15) is 36.0 Å². The number of nitrogens with zero attached hydrogens (tertiary/aromatic N) is 2. The van der Waals surface area contributed by atoms with Gasteiger partial charge in [-0.1, -0.05) is 23.2 Å². The maximum atomic E-state index is 14.4. The highest BCUT2D eigenvalue weighted by molar-refractivity contribution is 6.35. The van der Waals surface area contributed by atoms with Crippen LogP contribution in [-0.2, 0) is 0 Å². The summed E-state index contributed by atoms with van der Waals surface area (Å²) in [6.07, 6.45) is -7.25. The van der Waals surface area contributed by atoms with Gasteiger partial charge >= 0.3 is 6.18 Å². The standard InChI is InChI=1S/C22H19Cl2F6N5O2/c23-12-5-6-13(24)17(16(12)27)33-21-32-14-7-11(20(34-18(14)35-21)37-8-15(25)26)19(36)31-10-3-1-9(2-4-10)22(28,29)30/h5-7,9-10,15H,1-4,8H2,(H,31,36)(H2,32,33,34,35)/t9-,10-. The number of aromatic amines is 1. The average molecular weight is 570 g/mol. The number of hydrogen-bond donors (Lipinski definition) is 3. The molecule has 37 heavy (non-hydrogen) atoms. The predicted molar refractivity (Wildman–Crippen MR) is 124 cm³/mol. The number of imidazole rings is 1. The highest BCUT2D eigenvalue weighted by Gasteiger charge is 2.41. The van der Waals surface area contributed by atoms with Gasteiger partial charge in [0.25, 0.3) is 12.3 Å². The lowest BCUT2D eigenvalue weighted by Crippen LogP contribution is -2.40. The summed E-state index contributed by atoms with van der Waals surface area (Å²) < 4.78 is 83.8. The van der Waals surface area contributed by atoms with E-state index in [9.17, 15) is 31.1 Å². The third-order valence-corrected chi connectivity index (χ3v) is 6.45. The Bertz CT molecular complexity index is 1290. The molecule has 200 valence electrons. The summed E-state index contributed by atoms with van der Waals surface area (Å²) in [6, 6.07) is 3.29. The van der Waals surface area contributed by atoms with Crippen molar-refractivity contribution in [2.45, 2.75) is 44.3 Å². The van der Waals surface area contributed by atoms with Gasteiger partial charge in [0.1, 0.15) is 11.1 Å². The van der Waals surface area contributed by atoms with E-state index in [1.165, 1.54) is 18.2 Å². The molecule has 1 aliphatic carbocycles. The molecule has 15 heteroatoms. The normalized spacial score (nSPS) is 18.3. The number of halogens is 8. The molecule has 0 atom stereocenters. The van der Waals surface area contributed by atoms with E-state index in [2.05, 4.69) is 25.6 Å². The van der Waals surface area contributed by atoms with Crippen LogP contribution in [0.2, 0.25) is 10.0 Å². The first-order valence-electron chi connectivity index (χ1n) is 11.0. The van der Waals surface area contributed by atoms with E-state index in [1.54, 1.807) is 0 Å². The number of anilines is 2. The Morgan fingerprint density at radius 1 is 1.14 bits per heavy atom. The molecular weight excluding hydrogens is 551 g/mol. The topological polar surface area (TPSA) is 91.9 Å². The fourth-order valence-corrected chi connectivity index (χ4v) is 4.34. The second kappa shape index (κ2) is 10.8. The molecule has 1 aliphatic rings. The molecule has 3 aromatic rings. The minimum atomic E-state index is -4.30. The molecular formula is C22H19Cl2F6N5O2. The van der Waals surface area contributed by atoms with Crippen LogP contribution in [0.5, 0.6) is 5.88 Å². The van der Waals surface area contributed by atoms with Crippen molar-refractivity contribution in [2.24, 2.45) is 5.92 Å². The Morgan fingerprint density at radius 3 is 2.46 bits per heavy atom. The molecule has 1 amide bonds. The van der Waals surface area contributed by atoms with Crippen LogP contribution in [0.25, 0.3) is 11.2 Å². The number of carbonyl (C=O) groups excluding carboxylic acids is 1. The van der Waals surface area contributed by atoms with Gasteiger partial charge in [-0.15, -0.1) is 0 Å². The number of amides is 1. The minimum Gasteiger partial charge on any atom is -0.471 e. The van der Waals surface area contributed by atoms with Crippen LogP contribution in [-0.4, -0.2) is 46.1 Å². The van der Waals surface area contributed by atoms with Gasteiger partial charge in [0.05, 0.1) is 21.7 Å². The van der Waals surface area contributed by atoms with Gasteiger partial charge in [0, 0.05) is 6.04 Å². The number of alkyl halides is 5. The quantitative estimate of drug-likeness (QED) is 0.219. The van der Waals surface area contributed by atoms with Gasteiger partial charge in [-0.3, -0.25) is 4.79 Å². The van der Waals surface area contributed by atoms with Gasteiger partial charge in [0.15, 0.2) is 18.1 Å². The highest BCUT2D eigenvalue weighted by atomic mass is 35.5. The maximum Gasteiger partial charge on any atom is 0.391 e. The lowest BCUT2D eigenvalue weighted by atomic mass is 9.85. The number of fused-ring (bicyclic) bond motifs is 1. The van der Waals surface area contributed by atoms with Crippen molar-refractivity contribution in [3.63, 3.8) is 0 Å². The summed E-state index contributed by atoms with van der Waals surface area (Å²) in [7, 11) is 0. The minimum absolute atomic E-state index is 0.00316. The molecule has 3 N–H and O–H groups in total. The number of H-pyrrole nitrogens is 1. The third-order valence-electron chi connectivity index (χ3n) is 5.84. The summed E-state index contributed by atoms with van der Waals surface area (Å²) >= 11 is 11.8. The van der Waals surface area contributed by atoms with E-state index < -0.39 is 48.8 Å². The molecule has 1 saturated carbocycles. The Balaban J connectivity index is 1.58. The molecule has 0 spiro atoms. The predicted octanol–water partition coefficient (Wildman–Crippen LogP) is 6.64. The number of nitrogens with one attached hydrogen (secondary N) is 3. The van der Waals surface area contributed by atoms with E-state index in [1.807, 2.05) is 0 Å². The van der Waals surface area contributed by atoms with E-state index in [-0.39, 0.29) is 64.1 Å². The monoisotopic (exact) mass is 569 g/mol. The number of rotatable bonds is 7. The fraction of sp³-hybridized carbons (Fsp3) is 0.409. The van der Waals surface area contributed by atoms with Crippen LogP contribution in [0.3, 0.4) is 0 Å². The van der Waals surface area contributed by atoms with Gasteiger partial charge in [0.2, 0.25) is 11.8 Å². The van der Waals surface area contributed by atoms with Gasteiger partial charge in [-0.25, -0.2) is 18.2 Å². The molecule has 0 aliphatic heterocycles. The Hall–Kier alpha value is -2.93. The summed E-state index contributed by atoms with van der Waals surface area (Å²) in [6.45, 7) is -1.06. The van der Waals surface area contributed by atoms with E-state index >= 15 is 0 Å². The second-order valence-corrected chi connectivity index (χ2v) is 9.22. The molecule has 1 aromatic carbocycles. The van der Waals surface area contributed by atoms with Crippen molar-refractivity contribution in [3.8, 4) is 5.88 Å².